The second-order valence-corrected chi connectivity index (χ2v) is 4.31. The van der Waals surface area contributed by atoms with Gasteiger partial charge in [0.2, 0.25) is 5.91 Å². The van der Waals surface area contributed by atoms with E-state index in [9.17, 15) is 13.6 Å². The third-order valence-corrected chi connectivity index (χ3v) is 2.53. The lowest BCUT2D eigenvalue weighted by atomic mass is 10.1. The molecule has 0 aliphatic heterocycles. The number of aliphatic hydroxyl groups excluding tert-OH is 1. The zero-order valence-corrected chi connectivity index (χ0v) is 10.5. The van der Waals surface area contributed by atoms with Crippen molar-refractivity contribution in [1.29, 1.82) is 0 Å². The number of hydrogen-bond acceptors (Lipinski definition) is 2. The normalized spacial score (nSPS) is 11.5. The average Bonchev–Trinajstić information content (AvgIpc) is 2.31. The summed E-state index contributed by atoms with van der Waals surface area (Å²) >= 11 is 0. The number of unbranched alkanes of at least 4 members (excludes halogenated alkanes) is 5. The Kier molecular flexibility index (Phi) is 8.94. The van der Waals surface area contributed by atoms with Gasteiger partial charge in [-0.1, -0.05) is 39.0 Å². The molecular weight excluding hydrogens is 228 g/mol. The molecule has 0 saturated heterocycles. The minimum atomic E-state index is -3.21. The molecule has 0 aliphatic carbocycles. The quantitative estimate of drug-likeness (QED) is 0.586. The monoisotopic (exact) mass is 251 g/mol. The maximum atomic E-state index is 12.6. The van der Waals surface area contributed by atoms with Crippen molar-refractivity contribution >= 4 is 5.91 Å². The van der Waals surface area contributed by atoms with Crippen LogP contribution in [0.2, 0.25) is 0 Å². The van der Waals surface area contributed by atoms with Gasteiger partial charge in [0, 0.05) is 6.42 Å². The largest absolute Gasteiger partial charge is 0.390 e. The minimum Gasteiger partial charge on any atom is -0.390 e. The van der Waals surface area contributed by atoms with E-state index in [2.05, 4.69) is 12.2 Å². The number of halogens is 2. The Bertz CT molecular complexity index is 211. The number of carbonyl (C=O) groups is 1. The highest BCUT2D eigenvalue weighted by atomic mass is 19.3. The highest BCUT2D eigenvalue weighted by Gasteiger charge is 2.27. The van der Waals surface area contributed by atoms with Gasteiger partial charge in [0.25, 0.3) is 5.92 Å². The molecule has 0 aromatic rings. The molecule has 0 radical (unpaired) electrons. The summed E-state index contributed by atoms with van der Waals surface area (Å²) < 4.78 is 25.2. The van der Waals surface area contributed by atoms with Gasteiger partial charge in [-0.2, -0.15) is 0 Å². The molecule has 0 saturated carbocycles. The maximum Gasteiger partial charge on any atom is 0.287 e. The number of alkyl halides is 2. The van der Waals surface area contributed by atoms with Crippen molar-refractivity contribution in [3.63, 3.8) is 0 Å². The van der Waals surface area contributed by atoms with E-state index in [1.165, 1.54) is 19.3 Å². The lowest BCUT2D eigenvalue weighted by Gasteiger charge is -2.13. The summed E-state index contributed by atoms with van der Waals surface area (Å²) in [5, 5.41) is 10.4. The number of nitrogens with one attached hydrogen (secondary N) is 1. The zero-order chi connectivity index (χ0) is 13.1. The molecule has 1 amide bonds. The summed E-state index contributed by atoms with van der Waals surface area (Å²) in [5.41, 5.74) is 0. The van der Waals surface area contributed by atoms with Gasteiger partial charge in [-0.25, -0.2) is 8.78 Å². The van der Waals surface area contributed by atoms with Crippen LogP contribution in [0.25, 0.3) is 0 Å². The lowest BCUT2D eigenvalue weighted by molar-refractivity contribution is -0.124. The van der Waals surface area contributed by atoms with Crippen molar-refractivity contribution in [2.45, 2.75) is 57.8 Å². The van der Waals surface area contributed by atoms with E-state index < -0.39 is 19.1 Å². The molecule has 17 heavy (non-hydrogen) atoms. The molecule has 3 nitrogen and oxygen atoms in total. The predicted molar refractivity (Wildman–Crippen MR) is 63.0 cm³/mol. The molecule has 0 unspecified atom stereocenters. The van der Waals surface area contributed by atoms with Crippen LogP contribution in [0, 0.1) is 0 Å². The Morgan fingerprint density at radius 1 is 1.18 bits per heavy atom. The van der Waals surface area contributed by atoms with Gasteiger partial charge < -0.3 is 10.4 Å². The molecule has 0 aliphatic rings. The summed E-state index contributed by atoms with van der Waals surface area (Å²) in [5.74, 6) is -3.58. The van der Waals surface area contributed by atoms with Gasteiger partial charge in [-0.15, -0.1) is 0 Å². The van der Waals surface area contributed by atoms with Crippen molar-refractivity contribution in [3.05, 3.63) is 0 Å². The van der Waals surface area contributed by atoms with Crippen molar-refractivity contribution in [1.82, 2.24) is 5.32 Å². The van der Waals surface area contributed by atoms with Crippen LogP contribution in [0.4, 0.5) is 8.78 Å². The highest BCUT2D eigenvalue weighted by molar-refractivity contribution is 5.75. The van der Waals surface area contributed by atoms with E-state index in [-0.39, 0.29) is 12.3 Å². The predicted octanol–water partition coefficient (Wildman–Crippen LogP) is 2.48. The minimum absolute atomic E-state index is 0.285. The number of aliphatic hydroxyl groups is 1. The van der Waals surface area contributed by atoms with E-state index in [0.717, 1.165) is 19.3 Å². The second kappa shape index (κ2) is 9.33. The molecule has 0 atom stereocenters. The van der Waals surface area contributed by atoms with Crippen LogP contribution in [0.1, 0.15) is 51.9 Å². The van der Waals surface area contributed by atoms with E-state index >= 15 is 0 Å². The van der Waals surface area contributed by atoms with Crippen LogP contribution in [0.5, 0.6) is 0 Å². The Balaban J connectivity index is 3.41. The van der Waals surface area contributed by atoms with Gasteiger partial charge in [-0.3, -0.25) is 4.79 Å². The first-order valence-electron chi connectivity index (χ1n) is 6.27. The van der Waals surface area contributed by atoms with E-state index in [0.29, 0.717) is 0 Å². The zero-order valence-electron chi connectivity index (χ0n) is 10.5. The summed E-state index contributed by atoms with van der Waals surface area (Å²) in [7, 11) is 0. The van der Waals surface area contributed by atoms with E-state index in [1.54, 1.807) is 0 Å². The van der Waals surface area contributed by atoms with E-state index in [4.69, 9.17) is 5.11 Å². The first-order valence-corrected chi connectivity index (χ1v) is 6.27. The molecule has 2 N–H and O–H groups in total. The van der Waals surface area contributed by atoms with Gasteiger partial charge in [-0.05, 0) is 6.42 Å². The smallest absolute Gasteiger partial charge is 0.287 e. The Labute approximate surface area is 102 Å². The summed E-state index contributed by atoms with van der Waals surface area (Å²) in [6.07, 6.45) is 6.62. The molecule has 0 bridgehead atoms. The van der Waals surface area contributed by atoms with Crippen LogP contribution in [0.15, 0.2) is 0 Å². The molecule has 0 heterocycles. The van der Waals surface area contributed by atoms with Crippen molar-refractivity contribution in [3.8, 4) is 0 Å². The fraction of sp³-hybridized carbons (Fsp3) is 0.917. The van der Waals surface area contributed by atoms with Crippen LogP contribution in [0.3, 0.4) is 0 Å². The molecule has 0 rings (SSSR count). The maximum absolute atomic E-state index is 12.6. The van der Waals surface area contributed by atoms with Crippen molar-refractivity contribution in [2.75, 3.05) is 13.2 Å². The molecule has 0 aromatic heterocycles. The first-order chi connectivity index (χ1) is 8.02. The Hall–Kier alpha value is -0.710. The standard InChI is InChI=1S/C12H23F2NO2/c1-2-3-4-5-6-7-8-11(17)15-9-12(13,14)10-16/h16H,2-10H2,1H3,(H,15,17). The first kappa shape index (κ1) is 16.3. The third kappa shape index (κ3) is 10.2. The number of rotatable bonds is 10. The van der Waals surface area contributed by atoms with Crippen LogP contribution >= 0.6 is 0 Å². The Morgan fingerprint density at radius 2 is 1.76 bits per heavy atom. The third-order valence-electron chi connectivity index (χ3n) is 2.53. The van der Waals surface area contributed by atoms with Crippen LogP contribution in [-0.2, 0) is 4.79 Å². The van der Waals surface area contributed by atoms with Crippen LogP contribution in [-0.4, -0.2) is 30.1 Å². The summed E-state index contributed by atoms with van der Waals surface area (Å²) in [6.45, 7) is 0.122. The Morgan fingerprint density at radius 3 is 2.35 bits per heavy atom. The SMILES string of the molecule is CCCCCCCCC(=O)NCC(F)(F)CO. The van der Waals surface area contributed by atoms with Crippen LogP contribution < -0.4 is 5.32 Å². The lowest BCUT2D eigenvalue weighted by Crippen LogP contribution is -2.38. The van der Waals surface area contributed by atoms with Crippen molar-refractivity contribution in [2.24, 2.45) is 0 Å². The second-order valence-electron chi connectivity index (χ2n) is 4.31. The molecular formula is C12H23F2NO2. The fourth-order valence-electron chi connectivity index (χ4n) is 1.44. The topological polar surface area (TPSA) is 49.3 Å². The molecule has 5 heteroatoms. The molecule has 0 fully saturated rings. The summed E-state index contributed by atoms with van der Waals surface area (Å²) in [6, 6.07) is 0. The average molecular weight is 251 g/mol. The van der Waals surface area contributed by atoms with Gasteiger partial charge in [0.15, 0.2) is 0 Å². The number of hydrogen-bond donors (Lipinski definition) is 2. The fourth-order valence-corrected chi connectivity index (χ4v) is 1.44. The van der Waals surface area contributed by atoms with E-state index in [1.807, 2.05) is 0 Å². The highest BCUT2D eigenvalue weighted by Crippen LogP contribution is 2.10. The number of amides is 1. The van der Waals surface area contributed by atoms with Gasteiger partial charge in [0.1, 0.15) is 6.61 Å². The summed E-state index contributed by atoms with van der Waals surface area (Å²) in [4.78, 5) is 11.2. The van der Waals surface area contributed by atoms with Crippen molar-refractivity contribution < 1.29 is 18.7 Å². The van der Waals surface area contributed by atoms with Gasteiger partial charge in [0.05, 0.1) is 6.54 Å². The molecule has 102 valence electrons. The van der Waals surface area contributed by atoms with Gasteiger partial charge >= 0.3 is 0 Å². The number of carbonyl (C=O) groups excluding carboxylic acids is 1. The molecule has 0 aromatic carbocycles. The molecule has 0 spiro atoms.